The van der Waals surface area contributed by atoms with E-state index in [0.717, 1.165) is 30.6 Å². The molecule has 114 valence electrons. The quantitative estimate of drug-likeness (QED) is 0.874. The van der Waals surface area contributed by atoms with Crippen LogP contribution in [-0.4, -0.2) is 28.6 Å². The summed E-state index contributed by atoms with van der Waals surface area (Å²) in [6.45, 7) is 2.60. The number of urea groups is 1. The van der Waals surface area contributed by atoms with Crippen LogP contribution in [0.3, 0.4) is 0 Å². The Hall–Kier alpha value is -1.55. The number of amides is 2. The third-order valence-corrected chi connectivity index (χ3v) is 4.87. The second kappa shape index (κ2) is 6.06. The Balaban J connectivity index is 1.69. The smallest absolute Gasteiger partial charge is 0.322 e. The summed E-state index contributed by atoms with van der Waals surface area (Å²) in [4.78, 5) is 14.6. The molecule has 1 aromatic rings. The number of likely N-dealkylation sites (tertiary alicyclic amines) is 1. The summed E-state index contributed by atoms with van der Waals surface area (Å²) in [7, 11) is 0. The van der Waals surface area contributed by atoms with Crippen LogP contribution in [-0.2, 0) is 0 Å². The van der Waals surface area contributed by atoms with E-state index in [9.17, 15) is 9.90 Å². The molecular formula is C17H24N2O2. The molecule has 3 atom stereocenters. The highest BCUT2D eigenvalue weighted by molar-refractivity contribution is 5.89. The van der Waals surface area contributed by atoms with E-state index in [1.807, 2.05) is 29.2 Å². The van der Waals surface area contributed by atoms with Crippen molar-refractivity contribution < 1.29 is 9.90 Å². The van der Waals surface area contributed by atoms with Crippen molar-refractivity contribution >= 4 is 11.7 Å². The predicted molar refractivity (Wildman–Crippen MR) is 83.2 cm³/mol. The molecule has 1 aromatic carbocycles. The van der Waals surface area contributed by atoms with Crippen LogP contribution < -0.4 is 5.32 Å². The predicted octanol–water partition coefficient (Wildman–Crippen LogP) is 3.54. The van der Waals surface area contributed by atoms with Gasteiger partial charge >= 0.3 is 6.03 Å². The monoisotopic (exact) mass is 288 g/mol. The molecule has 1 aliphatic carbocycles. The summed E-state index contributed by atoms with van der Waals surface area (Å²) in [5, 5.41) is 12.6. The molecule has 4 nitrogen and oxygen atoms in total. The van der Waals surface area contributed by atoms with Gasteiger partial charge in [-0.25, -0.2) is 4.79 Å². The summed E-state index contributed by atoms with van der Waals surface area (Å²) >= 11 is 0. The van der Waals surface area contributed by atoms with Crippen LogP contribution in [0.4, 0.5) is 10.5 Å². The van der Waals surface area contributed by atoms with Gasteiger partial charge in [-0.3, -0.25) is 0 Å². The Morgan fingerprint density at radius 3 is 2.95 bits per heavy atom. The maximum Gasteiger partial charge on any atom is 0.322 e. The van der Waals surface area contributed by atoms with Crippen molar-refractivity contribution in [3.05, 3.63) is 29.8 Å². The molecule has 2 aliphatic rings. The zero-order valence-electron chi connectivity index (χ0n) is 12.6. The number of nitrogens with one attached hydrogen (secondary N) is 1. The molecule has 1 aliphatic heterocycles. The van der Waals surface area contributed by atoms with Crippen molar-refractivity contribution in [2.75, 3.05) is 11.9 Å². The molecule has 4 heteroatoms. The third-order valence-electron chi connectivity index (χ3n) is 4.87. The second-order valence-corrected chi connectivity index (χ2v) is 6.33. The number of carbonyl (C=O) groups excluding carboxylic acids is 1. The Morgan fingerprint density at radius 2 is 2.14 bits per heavy atom. The minimum atomic E-state index is -0.518. The van der Waals surface area contributed by atoms with E-state index < -0.39 is 6.10 Å². The zero-order chi connectivity index (χ0) is 14.8. The molecule has 0 spiro atoms. The maximum absolute atomic E-state index is 12.5. The molecule has 1 heterocycles. The molecular weight excluding hydrogens is 264 g/mol. The maximum atomic E-state index is 12.5. The number of aliphatic hydroxyl groups is 1. The number of anilines is 1. The average molecular weight is 288 g/mol. The van der Waals surface area contributed by atoms with E-state index in [-0.39, 0.29) is 6.03 Å². The fourth-order valence-electron chi connectivity index (χ4n) is 3.78. The first-order chi connectivity index (χ1) is 10.1. The van der Waals surface area contributed by atoms with Gasteiger partial charge in [0.05, 0.1) is 6.10 Å². The van der Waals surface area contributed by atoms with Crippen LogP contribution in [0.15, 0.2) is 24.3 Å². The van der Waals surface area contributed by atoms with Crippen molar-refractivity contribution in [2.24, 2.45) is 5.92 Å². The lowest BCUT2D eigenvalue weighted by Crippen LogP contribution is -2.48. The first-order valence-corrected chi connectivity index (χ1v) is 8.01. The topological polar surface area (TPSA) is 52.6 Å². The van der Waals surface area contributed by atoms with Gasteiger partial charge in [-0.1, -0.05) is 18.6 Å². The fraction of sp³-hybridized carbons (Fsp3) is 0.588. The number of piperidine rings is 1. The number of hydrogen-bond acceptors (Lipinski definition) is 2. The van der Waals surface area contributed by atoms with Gasteiger partial charge in [0, 0.05) is 18.3 Å². The van der Waals surface area contributed by atoms with Crippen LogP contribution in [0.2, 0.25) is 0 Å². The highest BCUT2D eigenvalue weighted by Crippen LogP contribution is 2.37. The van der Waals surface area contributed by atoms with Gasteiger partial charge in [-0.15, -0.1) is 0 Å². The first kappa shape index (κ1) is 14.4. The van der Waals surface area contributed by atoms with Crippen molar-refractivity contribution in [1.82, 2.24) is 4.90 Å². The van der Waals surface area contributed by atoms with Crippen molar-refractivity contribution in [3.63, 3.8) is 0 Å². The van der Waals surface area contributed by atoms with Crippen LogP contribution in [0, 0.1) is 5.92 Å². The van der Waals surface area contributed by atoms with Gasteiger partial charge in [0.15, 0.2) is 0 Å². The molecule has 3 unspecified atom stereocenters. The molecule has 1 saturated heterocycles. The normalized spacial score (nSPS) is 26.3. The van der Waals surface area contributed by atoms with Gasteiger partial charge in [-0.2, -0.15) is 0 Å². The summed E-state index contributed by atoms with van der Waals surface area (Å²) in [5.74, 6) is 0.702. The Morgan fingerprint density at radius 1 is 1.33 bits per heavy atom. The third kappa shape index (κ3) is 3.05. The van der Waals surface area contributed by atoms with E-state index in [4.69, 9.17) is 0 Å². The largest absolute Gasteiger partial charge is 0.389 e. The molecule has 21 heavy (non-hydrogen) atoms. The number of fused-ring (bicyclic) bond motifs is 1. The Bertz CT molecular complexity index is 515. The molecule has 0 aromatic heterocycles. The lowest BCUT2D eigenvalue weighted by atomic mass is 9.92. The highest BCUT2D eigenvalue weighted by atomic mass is 16.3. The van der Waals surface area contributed by atoms with Gasteiger partial charge < -0.3 is 15.3 Å². The van der Waals surface area contributed by atoms with Gasteiger partial charge in [-0.05, 0) is 56.2 Å². The van der Waals surface area contributed by atoms with E-state index in [1.54, 1.807) is 6.92 Å². The lowest BCUT2D eigenvalue weighted by molar-refractivity contribution is 0.138. The van der Waals surface area contributed by atoms with Gasteiger partial charge in [0.2, 0.25) is 0 Å². The molecule has 3 rings (SSSR count). The molecule has 2 fully saturated rings. The molecule has 0 radical (unpaired) electrons. The van der Waals surface area contributed by atoms with Crippen LogP contribution >= 0.6 is 0 Å². The van der Waals surface area contributed by atoms with Crippen molar-refractivity contribution in [3.8, 4) is 0 Å². The Labute approximate surface area is 126 Å². The zero-order valence-corrected chi connectivity index (χ0v) is 12.6. The summed E-state index contributed by atoms with van der Waals surface area (Å²) in [5.41, 5.74) is 1.59. The van der Waals surface area contributed by atoms with E-state index in [1.165, 1.54) is 19.3 Å². The van der Waals surface area contributed by atoms with E-state index in [2.05, 4.69) is 5.32 Å². The van der Waals surface area contributed by atoms with Gasteiger partial charge in [0.1, 0.15) is 0 Å². The minimum Gasteiger partial charge on any atom is -0.389 e. The average Bonchev–Trinajstić information content (AvgIpc) is 2.95. The molecule has 0 bridgehead atoms. The number of nitrogens with zero attached hydrogens (tertiary/aromatic N) is 1. The number of hydrogen-bond donors (Lipinski definition) is 2. The molecule has 2 amide bonds. The first-order valence-electron chi connectivity index (χ1n) is 8.01. The molecule has 1 saturated carbocycles. The van der Waals surface area contributed by atoms with Crippen LogP contribution in [0.5, 0.6) is 0 Å². The highest BCUT2D eigenvalue weighted by Gasteiger charge is 2.37. The fourth-order valence-corrected chi connectivity index (χ4v) is 3.78. The number of rotatable bonds is 2. The second-order valence-electron chi connectivity index (χ2n) is 6.33. The number of aliphatic hydroxyl groups excluding tert-OH is 1. The summed E-state index contributed by atoms with van der Waals surface area (Å²) in [6, 6.07) is 7.90. The number of carbonyl (C=O) groups is 1. The standard InChI is InChI=1S/C17H24N2O2/c1-12(20)14-6-2-8-15(11-14)18-17(21)19-10-4-7-13-5-3-9-16(13)19/h2,6,8,11-13,16,20H,3-5,7,9-10H2,1H3,(H,18,21). The van der Waals surface area contributed by atoms with E-state index >= 15 is 0 Å². The summed E-state index contributed by atoms with van der Waals surface area (Å²) in [6.07, 6.45) is 5.53. The van der Waals surface area contributed by atoms with Crippen LogP contribution in [0.1, 0.15) is 50.7 Å². The Kier molecular flexibility index (Phi) is 4.15. The lowest BCUT2D eigenvalue weighted by Gasteiger charge is -2.37. The number of benzene rings is 1. The van der Waals surface area contributed by atoms with Crippen molar-refractivity contribution in [1.29, 1.82) is 0 Å². The molecule has 2 N–H and O–H groups in total. The SMILES string of the molecule is CC(O)c1cccc(NC(=O)N2CCCC3CCCC32)c1. The minimum absolute atomic E-state index is 0.00865. The van der Waals surface area contributed by atoms with Crippen LogP contribution in [0.25, 0.3) is 0 Å². The van der Waals surface area contributed by atoms with E-state index in [0.29, 0.717) is 12.0 Å². The van der Waals surface area contributed by atoms with Crippen molar-refractivity contribution in [2.45, 2.75) is 51.2 Å². The van der Waals surface area contributed by atoms with Gasteiger partial charge in [0.25, 0.3) is 0 Å². The summed E-state index contributed by atoms with van der Waals surface area (Å²) < 4.78 is 0.